The van der Waals surface area contributed by atoms with Gasteiger partial charge in [-0.1, -0.05) is 30.4 Å². The lowest BCUT2D eigenvalue weighted by atomic mass is 9.85. The highest BCUT2D eigenvalue weighted by atomic mass is 14.7. The summed E-state index contributed by atoms with van der Waals surface area (Å²) < 4.78 is 0. The normalized spacial score (nSPS) is 18.1. The van der Waals surface area contributed by atoms with E-state index >= 15 is 0 Å². The second-order valence-corrected chi connectivity index (χ2v) is 4.84. The van der Waals surface area contributed by atoms with Crippen LogP contribution in [0.2, 0.25) is 0 Å². The van der Waals surface area contributed by atoms with Crippen LogP contribution in [0.25, 0.3) is 10.9 Å². The number of hydrogen-bond donors (Lipinski definition) is 1. The van der Waals surface area contributed by atoms with Crippen molar-refractivity contribution in [3.8, 4) is 0 Å². The van der Waals surface area contributed by atoms with E-state index in [0.717, 1.165) is 0 Å². The van der Waals surface area contributed by atoms with Gasteiger partial charge in [-0.25, -0.2) is 0 Å². The minimum Gasteiger partial charge on any atom is -0.358 e. The molecule has 0 atom stereocenters. The van der Waals surface area contributed by atoms with E-state index in [4.69, 9.17) is 0 Å². The number of rotatable bonds is 1. The van der Waals surface area contributed by atoms with E-state index in [2.05, 4.69) is 41.9 Å². The molecule has 1 N–H and O–H groups in total. The molecule has 0 spiro atoms. The Morgan fingerprint density at radius 1 is 1.12 bits per heavy atom. The number of H-pyrrole nitrogens is 1. The third-order valence-electron chi connectivity index (χ3n) is 3.68. The van der Waals surface area contributed by atoms with Crippen LogP contribution >= 0.6 is 0 Å². The van der Waals surface area contributed by atoms with Crippen molar-refractivity contribution in [2.75, 3.05) is 0 Å². The second kappa shape index (κ2) is 3.82. The zero-order valence-electron chi connectivity index (χ0n) is 9.50. The molecule has 0 bridgehead atoms. The highest BCUT2D eigenvalue weighted by Crippen LogP contribution is 2.35. The Morgan fingerprint density at radius 2 is 1.88 bits per heavy atom. The summed E-state index contributed by atoms with van der Waals surface area (Å²) in [6.07, 6.45) is 4.90. The van der Waals surface area contributed by atoms with Crippen molar-refractivity contribution in [1.29, 1.82) is 0 Å². The molecule has 1 heterocycles. The summed E-state index contributed by atoms with van der Waals surface area (Å²) in [4.78, 5) is 3.55. The molecule has 2 aromatic rings. The molecule has 1 heteroatoms. The predicted octanol–water partition coefficient (Wildman–Crippen LogP) is 4.38. The van der Waals surface area contributed by atoms with Gasteiger partial charge < -0.3 is 4.98 Å². The van der Waals surface area contributed by atoms with Crippen LogP contribution in [-0.4, -0.2) is 4.98 Å². The van der Waals surface area contributed by atoms with Gasteiger partial charge >= 0.3 is 0 Å². The van der Waals surface area contributed by atoms with Gasteiger partial charge in [-0.05, 0) is 49.1 Å². The molecule has 0 aliphatic heterocycles. The largest absolute Gasteiger partial charge is 0.358 e. The Balaban J connectivity index is 1.91. The van der Waals surface area contributed by atoms with E-state index in [1.807, 2.05) is 0 Å². The van der Waals surface area contributed by atoms with Crippen molar-refractivity contribution in [2.24, 2.45) is 0 Å². The predicted molar refractivity (Wildman–Crippen MR) is 68.6 cm³/mol. The van der Waals surface area contributed by atoms with Crippen molar-refractivity contribution >= 4 is 10.9 Å². The maximum atomic E-state index is 4.07. The molecule has 1 aromatic carbocycles. The first kappa shape index (κ1) is 9.71. The summed E-state index contributed by atoms with van der Waals surface area (Å²) in [5, 5.41) is 1.34. The van der Waals surface area contributed by atoms with Crippen molar-refractivity contribution in [2.45, 2.75) is 31.6 Å². The maximum absolute atomic E-state index is 4.07. The molecule has 0 unspecified atom stereocenters. The van der Waals surface area contributed by atoms with Crippen LogP contribution in [0.15, 0.2) is 42.5 Å². The van der Waals surface area contributed by atoms with Crippen molar-refractivity contribution in [3.05, 3.63) is 48.2 Å². The molecule has 1 aromatic heterocycles. The van der Waals surface area contributed by atoms with Crippen LogP contribution in [-0.2, 0) is 0 Å². The lowest BCUT2D eigenvalue weighted by Gasteiger charge is -2.22. The first-order valence-corrected chi connectivity index (χ1v) is 6.07. The van der Waals surface area contributed by atoms with Gasteiger partial charge in [0.15, 0.2) is 0 Å². The Hall–Kier alpha value is -1.50. The molecule has 1 aliphatic carbocycles. The lowest BCUT2D eigenvalue weighted by molar-refractivity contribution is 0.510. The third kappa shape index (κ3) is 1.67. The number of allylic oxidation sites excluding steroid dienone is 1. The molecular weight excluding hydrogens is 194 g/mol. The van der Waals surface area contributed by atoms with Gasteiger partial charge in [0.05, 0.1) is 0 Å². The fraction of sp³-hybridized carbons (Fsp3) is 0.333. The highest BCUT2D eigenvalue weighted by molar-refractivity contribution is 5.80. The van der Waals surface area contributed by atoms with Gasteiger partial charge in [0.2, 0.25) is 0 Å². The average Bonchev–Trinajstić information content (AvgIpc) is 2.73. The standard InChI is InChI=1S/C15H17N/c1-11-6-8-12(9-7-11)15-10-13-4-2-3-5-14(13)16-15/h2-5,10,12,16H,1,6-9H2. The van der Waals surface area contributed by atoms with Crippen molar-refractivity contribution in [3.63, 3.8) is 0 Å². The number of hydrogen-bond acceptors (Lipinski definition) is 0. The summed E-state index contributed by atoms with van der Waals surface area (Å²) in [7, 11) is 0. The van der Waals surface area contributed by atoms with Gasteiger partial charge in [0, 0.05) is 11.2 Å². The lowest BCUT2D eigenvalue weighted by Crippen LogP contribution is -2.06. The fourth-order valence-corrected chi connectivity index (χ4v) is 2.65. The number of nitrogens with one attached hydrogen (secondary N) is 1. The number of aromatic amines is 1. The Kier molecular flexibility index (Phi) is 2.32. The minimum absolute atomic E-state index is 0.706. The number of aromatic nitrogens is 1. The topological polar surface area (TPSA) is 15.8 Å². The van der Waals surface area contributed by atoms with E-state index in [1.54, 1.807) is 0 Å². The molecule has 1 aliphatic rings. The van der Waals surface area contributed by atoms with Gasteiger partial charge in [0.1, 0.15) is 0 Å². The maximum Gasteiger partial charge on any atom is 0.0456 e. The van der Waals surface area contributed by atoms with Gasteiger partial charge in [0.25, 0.3) is 0 Å². The Morgan fingerprint density at radius 3 is 2.62 bits per heavy atom. The average molecular weight is 211 g/mol. The molecule has 16 heavy (non-hydrogen) atoms. The summed E-state index contributed by atoms with van der Waals surface area (Å²) in [5.74, 6) is 0.706. The number of benzene rings is 1. The van der Waals surface area contributed by atoms with Crippen molar-refractivity contribution < 1.29 is 0 Å². The summed E-state index contributed by atoms with van der Waals surface area (Å²) in [6.45, 7) is 4.07. The van der Waals surface area contributed by atoms with Crippen LogP contribution in [0, 0.1) is 0 Å². The summed E-state index contributed by atoms with van der Waals surface area (Å²) in [6, 6.07) is 10.8. The van der Waals surface area contributed by atoms with E-state index in [-0.39, 0.29) is 0 Å². The molecule has 0 radical (unpaired) electrons. The van der Waals surface area contributed by atoms with E-state index in [0.29, 0.717) is 5.92 Å². The molecular formula is C15H17N. The SMILES string of the molecule is C=C1CCC(c2cc3ccccc3[nH]2)CC1. The third-order valence-corrected chi connectivity index (χ3v) is 3.68. The van der Waals surface area contributed by atoms with Gasteiger partial charge in [-0.3, -0.25) is 0 Å². The van der Waals surface area contributed by atoms with Crippen LogP contribution in [0.4, 0.5) is 0 Å². The van der Waals surface area contributed by atoms with E-state index < -0.39 is 0 Å². The Bertz CT molecular complexity index is 478. The quantitative estimate of drug-likeness (QED) is 0.674. The van der Waals surface area contributed by atoms with Gasteiger partial charge in [-0.2, -0.15) is 0 Å². The molecule has 0 amide bonds. The zero-order valence-corrected chi connectivity index (χ0v) is 9.50. The van der Waals surface area contributed by atoms with E-state index in [1.165, 1.54) is 47.9 Å². The van der Waals surface area contributed by atoms with Crippen molar-refractivity contribution in [1.82, 2.24) is 4.98 Å². The summed E-state index contributed by atoms with van der Waals surface area (Å²) >= 11 is 0. The molecule has 3 rings (SSSR count). The fourth-order valence-electron chi connectivity index (χ4n) is 2.65. The number of fused-ring (bicyclic) bond motifs is 1. The molecule has 1 nitrogen and oxygen atoms in total. The summed E-state index contributed by atoms with van der Waals surface area (Å²) in [5.41, 5.74) is 4.10. The van der Waals surface area contributed by atoms with Crippen LogP contribution in [0.3, 0.4) is 0 Å². The van der Waals surface area contributed by atoms with E-state index in [9.17, 15) is 0 Å². The first-order chi connectivity index (χ1) is 7.83. The van der Waals surface area contributed by atoms with Crippen LogP contribution in [0.1, 0.15) is 37.3 Å². The molecule has 1 saturated carbocycles. The van der Waals surface area contributed by atoms with Crippen LogP contribution < -0.4 is 0 Å². The monoisotopic (exact) mass is 211 g/mol. The minimum atomic E-state index is 0.706. The molecule has 82 valence electrons. The van der Waals surface area contributed by atoms with Gasteiger partial charge in [-0.15, -0.1) is 0 Å². The highest BCUT2D eigenvalue weighted by Gasteiger charge is 2.18. The molecule has 1 fully saturated rings. The van der Waals surface area contributed by atoms with Crippen LogP contribution in [0.5, 0.6) is 0 Å². The number of para-hydroxylation sites is 1. The Labute approximate surface area is 96.2 Å². The first-order valence-electron chi connectivity index (χ1n) is 6.07. The smallest absolute Gasteiger partial charge is 0.0456 e. The molecule has 0 saturated heterocycles. The zero-order chi connectivity index (χ0) is 11.0. The second-order valence-electron chi connectivity index (χ2n) is 4.84.